The molecule has 0 saturated heterocycles. The molecule has 0 N–H and O–H groups in total. The number of nitrogens with zero attached hydrogens (tertiary/aromatic N) is 3. The van der Waals surface area contributed by atoms with Gasteiger partial charge in [-0.05, 0) is 98.6 Å². The van der Waals surface area contributed by atoms with Gasteiger partial charge in [0.1, 0.15) is 0 Å². The average molecular weight is 596 g/mol. The van der Waals surface area contributed by atoms with Crippen molar-refractivity contribution in [3.63, 3.8) is 0 Å². The Morgan fingerprint density at radius 1 is 0.457 bits per heavy atom. The second-order valence-corrected chi connectivity index (χ2v) is 13.5. The Balaban J connectivity index is 1.22. The van der Waals surface area contributed by atoms with Gasteiger partial charge in [-0.25, -0.2) is 0 Å². The smallest absolute Gasteiger partial charge is 0.0853 e. The number of anilines is 3. The largest absolute Gasteiger partial charge is 0.310 e. The fraction of sp³-hybridized carbons (Fsp3) is 0.163. The third-order valence-electron chi connectivity index (χ3n) is 10.0. The number of hydrogen-bond acceptors (Lipinski definition) is 3. The second-order valence-electron chi connectivity index (χ2n) is 13.5. The lowest BCUT2D eigenvalue weighted by Crippen LogP contribution is -2.18. The normalized spacial score (nSPS) is 14.9. The van der Waals surface area contributed by atoms with Gasteiger partial charge in [0.25, 0.3) is 0 Å². The van der Waals surface area contributed by atoms with Crippen molar-refractivity contribution in [3.8, 4) is 22.3 Å². The summed E-state index contributed by atoms with van der Waals surface area (Å²) in [5.74, 6) is 0. The Labute approximate surface area is 271 Å². The molecule has 0 spiro atoms. The molecule has 0 fully saturated rings. The first-order valence-electron chi connectivity index (χ1n) is 16.1. The third kappa shape index (κ3) is 4.49. The molecule has 0 saturated carbocycles. The predicted molar refractivity (Wildman–Crippen MR) is 191 cm³/mol. The first-order chi connectivity index (χ1) is 22.3. The SMILES string of the molecule is CC1(C)c2ccccc2-c2ccc(N(c3ccc(CN=Nc4ccccc4)cc3)c3ccc4c(c3)C(C)(C)c3ccccc3-4)cc21. The highest BCUT2D eigenvalue weighted by Crippen LogP contribution is 2.53. The third-order valence-corrected chi connectivity index (χ3v) is 10.0. The molecular formula is C43H37N3. The first-order valence-corrected chi connectivity index (χ1v) is 16.1. The second kappa shape index (κ2) is 10.7. The van der Waals surface area contributed by atoms with E-state index in [9.17, 15) is 0 Å². The minimum atomic E-state index is -0.0806. The summed E-state index contributed by atoms with van der Waals surface area (Å²) in [6.45, 7) is 9.92. The van der Waals surface area contributed by atoms with Crippen molar-refractivity contribution < 1.29 is 0 Å². The van der Waals surface area contributed by atoms with E-state index in [0.717, 1.165) is 28.3 Å². The van der Waals surface area contributed by atoms with Gasteiger partial charge in [0.15, 0.2) is 0 Å². The molecule has 0 aromatic heterocycles. The van der Waals surface area contributed by atoms with Crippen LogP contribution in [0.3, 0.4) is 0 Å². The van der Waals surface area contributed by atoms with Gasteiger partial charge in [-0.15, -0.1) is 0 Å². The molecule has 3 heteroatoms. The van der Waals surface area contributed by atoms with Gasteiger partial charge >= 0.3 is 0 Å². The van der Waals surface area contributed by atoms with Crippen molar-refractivity contribution in [1.29, 1.82) is 0 Å². The minimum Gasteiger partial charge on any atom is -0.310 e. The maximum Gasteiger partial charge on any atom is 0.0853 e. The van der Waals surface area contributed by atoms with E-state index in [1.54, 1.807) is 0 Å². The number of azo groups is 1. The van der Waals surface area contributed by atoms with Crippen LogP contribution in [0, 0.1) is 0 Å². The lowest BCUT2D eigenvalue weighted by molar-refractivity contribution is 0.660. The van der Waals surface area contributed by atoms with Crippen LogP contribution in [0.1, 0.15) is 55.5 Å². The molecule has 0 bridgehead atoms. The van der Waals surface area contributed by atoms with Gasteiger partial charge in [0, 0.05) is 27.9 Å². The summed E-state index contributed by atoms with van der Waals surface area (Å²) < 4.78 is 0. The van der Waals surface area contributed by atoms with E-state index in [-0.39, 0.29) is 10.8 Å². The fourth-order valence-electron chi connectivity index (χ4n) is 7.55. The monoisotopic (exact) mass is 595 g/mol. The van der Waals surface area contributed by atoms with Crippen LogP contribution in [0.15, 0.2) is 150 Å². The van der Waals surface area contributed by atoms with Gasteiger partial charge in [-0.2, -0.15) is 10.2 Å². The van der Waals surface area contributed by atoms with E-state index in [1.165, 1.54) is 44.5 Å². The standard InChI is InChI=1S/C43H37N3/c1-42(2)38-16-10-8-14-34(38)36-24-22-32(26-40(36)42)46(31-20-18-29(19-21-31)28-44-45-30-12-6-5-7-13-30)33-23-25-37-35-15-9-11-17-39(35)43(3,4)41(37)27-33/h5-27H,28H2,1-4H3. The highest BCUT2D eigenvalue weighted by atomic mass is 15.1. The van der Waals surface area contributed by atoms with Crippen molar-refractivity contribution in [1.82, 2.24) is 0 Å². The molecular weight excluding hydrogens is 558 g/mol. The maximum atomic E-state index is 4.46. The Hall–Kier alpha value is -5.28. The number of rotatable bonds is 6. The zero-order valence-corrected chi connectivity index (χ0v) is 26.8. The van der Waals surface area contributed by atoms with Crippen LogP contribution < -0.4 is 4.90 Å². The molecule has 224 valence electrons. The van der Waals surface area contributed by atoms with E-state index in [4.69, 9.17) is 0 Å². The van der Waals surface area contributed by atoms with E-state index in [0.29, 0.717) is 6.54 Å². The molecule has 2 aliphatic rings. The van der Waals surface area contributed by atoms with Crippen LogP contribution in [-0.2, 0) is 17.4 Å². The van der Waals surface area contributed by atoms with E-state index in [2.05, 4.69) is 152 Å². The lowest BCUT2D eigenvalue weighted by Gasteiger charge is -2.29. The molecule has 6 aromatic carbocycles. The summed E-state index contributed by atoms with van der Waals surface area (Å²) in [5, 5.41) is 8.86. The first kappa shape index (κ1) is 28.2. The highest BCUT2D eigenvalue weighted by Gasteiger charge is 2.37. The minimum absolute atomic E-state index is 0.0806. The number of hydrogen-bond donors (Lipinski definition) is 0. The summed E-state index contributed by atoms with van der Waals surface area (Å²) in [5.41, 5.74) is 16.1. The molecule has 0 aliphatic heterocycles. The maximum absolute atomic E-state index is 4.46. The topological polar surface area (TPSA) is 28.0 Å². The van der Waals surface area contributed by atoms with Gasteiger partial charge in [0.2, 0.25) is 0 Å². The van der Waals surface area contributed by atoms with E-state index in [1.807, 2.05) is 30.3 Å². The Morgan fingerprint density at radius 2 is 0.913 bits per heavy atom. The predicted octanol–water partition coefficient (Wildman–Crippen LogP) is 12.1. The molecule has 2 aliphatic carbocycles. The molecule has 0 atom stereocenters. The summed E-state index contributed by atoms with van der Waals surface area (Å²) in [6, 6.07) is 50.4. The zero-order chi connectivity index (χ0) is 31.5. The van der Waals surface area contributed by atoms with Crippen molar-refractivity contribution in [2.24, 2.45) is 10.2 Å². The molecule has 8 rings (SSSR count). The molecule has 0 amide bonds. The molecule has 3 nitrogen and oxygen atoms in total. The van der Waals surface area contributed by atoms with Gasteiger partial charge in [-0.1, -0.05) is 119 Å². The van der Waals surface area contributed by atoms with Crippen molar-refractivity contribution in [2.45, 2.75) is 45.1 Å². The Morgan fingerprint density at radius 3 is 1.46 bits per heavy atom. The lowest BCUT2D eigenvalue weighted by atomic mass is 9.82. The van der Waals surface area contributed by atoms with Crippen molar-refractivity contribution >= 4 is 22.7 Å². The molecule has 0 radical (unpaired) electrons. The van der Waals surface area contributed by atoms with Crippen LogP contribution in [0.25, 0.3) is 22.3 Å². The highest BCUT2D eigenvalue weighted by molar-refractivity contribution is 5.88. The summed E-state index contributed by atoms with van der Waals surface area (Å²) in [6.07, 6.45) is 0. The molecule has 6 aromatic rings. The Kier molecular flexibility index (Phi) is 6.54. The summed E-state index contributed by atoms with van der Waals surface area (Å²) in [7, 11) is 0. The average Bonchev–Trinajstić information content (AvgIpc) is 3.45. The van der Waals surface area contributed by atoms with E-state index < -0.39 is 0 Å². The zero-order valence-electron chi connectivity index (χ0n) is 26.8. The Bertz CT molecular complexity index is 2010. The number of fused-ring (bicyclic) bond motifs is 6. The molecule has 0 heterocycles. The van der Waals surface area contributed by atoms with Crippen molar-refractivity contribution in [3.05, 3.63) is 167 Å². The quantitative estimate of drug-likeness (QED) is 0.176. The van der Waals surface area contributed by atoms with Crippen LogP contribution in [0.4, 0.5) is 22.7 Å². The van der Waals surface area contributed by atoms with Crippen LogP contribution >= 0.6 is 0 Å². The number of benzene rings is 6. The van der Waals surface area contributed by atoms with Crippen LogP contribution in [0.5, 0.6) is 0 Å². The van der Waals surface area contributed by atoms with Crippen LogP contribution in [0.2, 0.25) is 0 Å². The fourth-order valence-corrected chi connectivity index (χ4v) is 7.55. The summed E-state index contributed by atoms with van der Waals surface area (Å²) >= 11 is 0. The van der Waals surface area contributed by atoms with Gasteiger partial charge in [0.05, 0.1) is 12.2 Å². The van der Waals surface area contributed by atoms with Crippen LogP contribution in [-0.4, -0.2) is 0 Å². The molecule has 0 unspecified atom stereocenters. The van der Waals surface area contributed by atoms with Gasteiger partial charge in [-0.3, -0.25) is 0 Å². The summed E-state index contributed by atoms with van der Waals surface area (Å²) in [4.78, 5) is 2.41. The van der Waals surface area contributed by atoms with Gasteiger partial charge < -0.3 is 4.90 Å². The van der Waals surface area contributed by atoms with Crippen molar-refractivity contribution in [2.75, 3.05) is 4.90 Å². The molecule has 46 heavy (non-hydrogen) atoms. The van der Waals surface area contributed by atoms with E-state index >= 15 is 0 Å².